The Hall–Kier alpha value is -1.10. The van der Waals surface area contributed by atoms with Gasteiger partial charge in [-0.15, -0.1) is 0 Å². The van der Waals surface area contributed by atoms with Crippen molar-refractivity contribution in [1.29, 1.82) is 0 Å². The Morgan fingerprint density at radius 3 is 1.93 bits per heavy atom. The fraction of sp³-hybridized carbons (Fsp3) is 0.400. The lowest BCUT2D eigenvalue weighted by atomic mass is 9.88. The number of nitrogens with two attached hydrogens (primary N) is 1. The van der Waals surface area contributed by atoms with Gasteiger partial charge >= 0.3 is 6.18 Å². The van der Waals surface area contributed by atoms with Gasteiger partial charge in [0.2, 0.25) is 0 Å². The average molecular weight is 221 g/mol. The van der Waals surface area contributed by atoms with Crippen molar-refractivity contribution < 1.29 is 17.6 Å². The largest absolute Gasteiger partial charge is 0.410 e. The first kappa shape index (κ1) is 12.0. The van der Waals surface area contributed by atoms with Crippen LogP contribution < -0.4 is 5.73 Å². The normalized spacial score (nSPS) is 16.1. The molecule has 0 saturated carbocycles. The number of alkyl halides is 3. The second-order valence-electron chi connectivity index (χ2n) is 3.33. The first-order valence-electron chi connectivity index (χ1n) is 4.43. The molecule has 2 N–H and O–H groups in total. The second-order valence-corrected chi connectivity index (χ2v) is 3.33. The minimum Gasteiger partial charge on any atom is -0.314 e. The van der Waals surface area contributed by atoms with Gasteiger partial charge < -0.3 is 5.73 Å². The molecule has 1 aromatic rings. The molecule has 0 aliphatic carbocycles. The van der Waals surface area contributed by atoms with Gasteiger partial charge in [0, 0.05) is 0 Å². The zero-order valence-corrected chi connectivity index (χ0v) is 8.11. The van der Waals surface area contributed by atoms with Crippen molar-refractivity contribution in [2.45, 2.75) is 25.1 Å². The maximum absolute atomic E-state index is 12.7. The molecule has 0 radical (unpaired) electrons. The van der Waals surface area contributed by atoms with E-state index >= 15 is 0 Å². The second kappa shape index (κ2) is 3.81. The Morgan fingerprint density at radius 2 is 1.60 bits per heavy atom. The van der Waals surface area contributed by atoms with Crippen LogP contribution in [0.2, 0.25) is 0 Å². The molecule has 15 heavy (non-hydrogen) atoms. The molecule has 0 bridgehead atoms. The third-order valence-corrected chi connectivity index (χ3v) is 2.42. The monoisotopic (exact) mass is 221 g/mol. The maximum atomic E-state index is 12.7. The van der Waals surface area contributed by atoms with Crippen LogP contribution in [0.1, 0.15) is 18.9 Å². The van der Waals surface area contributed by atoms with Crippen molar-refractivity contribution in [3.63, 3.8) is 0 Å². The van der Waals surface area contributed by atoms with E-state index in [1.165, 1.54) is 6.92 Å². The molecule has 0 aliphatic rings. The van der Waals surface area contributed by atoms with Gasteiger partial charge in [-0.05, 0) is 24.1 Å². The minimum atomic E-state index is -4.54. The topological polar surface area (TPSA) is 26.0 Å². The molecule has 0 aromatic heterocycles. The van der Waals surface area contributed by atoms with Crippen molar-refractivity contribution in [3.05, 3.63) is 35.6 Å². The van der Waals surface area contributed by atoms with Crippen LogP contribution in [0.3, 0.4) is 0 Å². The van der Waals surface area contributed by atoms with Crippen LogP contribution >= 0.6 is 0 Å². The van der Waals surface area contributed by atoms with Gasteiger partial charge in [-0.3, -0.25) is 0 Å². The van der Waals surface area contributed by atoms with Crippen LogP contribution in [0.4, 0.5) is 17.6 Å². The molecule has 1 aromatic carbocycles. The van der Waals surface area contributed by atoms with Crippen molar-refractivity contribution in [3.8, 4) is 0 Å². The van der Waals surface area contributed by atoms with Gasteiger partial charge in [-0.2, -0.15) is 13.2 Å². The van der Waals surface area contributed by atoms with Crippen LogP contribution in [0.15, 0.2) is 24.3 Å². The summed E-state index contributed by atoms with van der Waals surface area (Å²) in [7, 11) is 0. The van der Waals surface area contributed by atoms with Gasteiger partial charge in [-0.25, -0.2) is 4.39 Å². The molecule has 0 saturated heterocycles. The van der Waals surface area contributed by atoms with E-state index in [4.69, 9.17) is 5.73 Å². The molecule has 0 aliphatic heterocycles. The van der Waals surface area contributed by atoms with E-state index in [0.29, 0.717) is 0 Å². The maximum Gasteiger partial charge on any atom is 0.410 e. The van der Waals surface area contributed by atoms with E-state index in [0.717, 1.165) is 24.3 Å². The molecular formula is C10H11F4N. The third-order valence-electron chi connectivity index (χ3n) is 2.42. The van der Waals surface area contributed by atoms with E-state index in [2.05, 4.69) is 0 Å². The number of hydrogen-bond donors (Lipinski definition) is 1. The molecule has 0 heterocycles. The highest BCUT2D eigenvalue weighted by molar-refractivity contribution is 5.26. The fourth-order valence-corrected chi connectivity index (χ4v) is 1.32. The highest BCUT2D eigenvalue weighted by atomic mass is 19.4. The first-order chi connectivity index (χ1) is 6.81. The van der Waals surface area contributed by atoms with Crippen LogP contribution in [0.25, 0.3) is 0 Å². The summed E-state index contributed by atoms with van der Waals surface area (Å²) in [5.41, 5.74) is 2.77. The Labute approximate surface area is 84.9 Å². The molecule has 0 fully saturated rings. The minimum absolute atomic E-state index is 0.126. The standard InChI is InChI=1S/C10H11F4N/c1-2-9(15,10(12,13)14)7-3-5-8(11)6-4-7/h3-6H,2,15H2,1H3. The van der Waals surface area contributed by atoms with Gasteiger partial charge in [-0.1, -0.05) is 19.1 Å². The summed E-state index contributed by atoms with van der Waals surface area (Å²) in [6.45, 7) is 1.34. The summed E-state index contributed by atoms with van der Waals surface area (Å²) in [5, 5.41) is 0. The lowest BCUT2D eigenvalue weighted by Crippen LogP contribution is -2.49. The fourth-order valence-electron chi connectivity index (χ4n) is 1.32. The predicted molar refractivity (Wildman–Crippen MR) is 48.6 cm³/mol. The number of hydrogen-bond acceptors (Lipinski definition) is 1. The summed E-state index contributed by atoms with van der Waals surface area (Å²) in [5.74, 6) is -0.584. The van der Waals surface area contributed by atoms with Gasteiger partial charge in [0.05, 0.1) is 0 Å². The van der Waals surface area contributed by atoms with Crippen LogP contribution in [-0.4, -0.2) is 6.18 Å². The highest BCUT2D eigenvalue weighted by Gasteiger charge is 2.51. The van der Waals surface area contributed by atoms with E-state index < -0.39 is 17.5 Å². The smallest absolute Gasteiger partial charge is 0.314 e. The number of benzene rings is 1. The van der Waals surface area contributed by atoms with Crippen LogP contribution in [-0.2, 0) is 5.54 Å². The van der Waals surface area contributed by atoms with Crippen LogP contribution in [0.5, 0.6) is 0 Å². The molecule has 1 atom stereocenters. The zero-order valence-electron chi connectivity index (χ0n) is 8.11. The molecule has 1 unspecified atom stereocenters. The summed E-state index contributed by atoms with van der Waals surface area (Å²) >= 11 is 0. The zero-order chi connectivity index (χ0) is 11.7. The van der Waals surface area contributed by atoms with Gasteiger partial charge in [0.1, 0.15) is 11.4 Å². The third kappa shape index (κ3) is 2.12. The van der Waals surface area contributed by atoms with Gasteiger partial charge in [0.15, 0.2) is 0 Å². The van der Waals surface area contributed by atoms with Gasteiger partial charge in [0.25, 0.3) is 0 Å². The average Bonchev–Trinajstić information content (AvgIpc) is 2.16. The van der Waals surface area contributed by atoms with Crippen molar-refractivity contribution in [1.82, 2.24) is 0 Å². The van der Waals surface area contributed by atoms with Crippen molar-refractivity contribution >= 4 is 0 Å². The Morgan fingerprint density at radius 1 is 1.13 bits per heavy atom. The molecule has 1 nitrogen and oxygen atoms in total. The van der Waals surface area contributed by atoms with Crippen molar-refractivity contribution in [2.75, 3.05) is 0 Å². The lowest BCUT2D eigenvalue weighted by Gasteiger charge is -2.31. The molecular weight excluding hydrogens is 210 g/mol. The van der Waals surface area contributed by atoms with E-state index in [1.54, 1.807) is 0 Å². The van der Waals surface area contributed by atoms with E-state index in [9.17, 15) is 17.6 Å². The van der Waals surface area contributed by atoms with E-state index in [-0.39, 0.29) is 12.0 Å². The predicted octanol–water partition coefficient (Wildman–Crippen LogP) is 2.95. The van der Waals surface area contributed by atoms with Crippen LogP contribution in [0, 0.1) is 5.82 Å². The molecule has 0 spiro atoms. The molecule has 0 amide bonds. The SMILES string of the molecule is CCC(N)(c1ccc(F)cc1)C(F)(F)F. The summed E-state index contributed by atoms with van der Waals surface area (Å²) in [6.07, 6.45) is -4.83. The summed E-state index contributed by atoms with van der Waals surface area (Å²) in [4.78, 5) is 0. The Balaban J connectivity index is 3.18. The number of halogens is 4. The summed E-state index contributed by atoms with van der Waals surface area (Å²) < 4.78 is 50.6. The first-order valence-corrected chi connectivity index (χ1v) is 4.43. The number of rotatable bonds is 2. The molecule has 84 valence electrons. The molecule has 5 heteroatoms. The highest BCUT2D eigenvalue weighted by Crippen LogP contribution is 2.39. The van der Waals surface area contributed by atoms with E-state index in [1.807, 2.05) is 0 Å². The Bertz CT molecular complexity index is 330. The summed E-state index contributed by atoms with van der Waals surface area (Å²) in [6, 6.07) is 4.06. The quantitative estimate of drug-likeness (QED) is 0.763. The lowest BCUT2D eigenvalue weighted by molar-refractivity contribution is -0.190. The van der Waals surface area contributed by atoms with Crippen molar-refractivity contribution in [2.24, 2.45) is 5.73 Å². The Kier molecular flexibility index (Phi) is 3.04. The molecule has 1 rings (SSSR count).